The molecule has 96 valence electrons. The summed E-state index contributed by atoms with van der Waals surface area (Å²) in [6.45, 7) is 3.28. The standard InChI is InChI=1S/C13H16N2O3/c1-8-9(2)13(18)15(12(8)17)7-11(16)10-4-5-14(3)6-10/h4-6,8-9H,7H2,1-3H3. The van der Waals surface area contributed by atoms with Crippen LogP contribution in [0.4, 0.5) is 0 Å². The molecule has 0 N–H and O–H groups in total. The molecule has 1 fully saturated rings. The van der Waals surface area contributed by atoms with Crippen LogP contribution in [0.1, 0.15) is 24.2 Å². The third kappa shape index (κ3) is 1.96. The highest BCUT2D eigenvalue weighted by Crippen LogP contribution is 2.25. The van der Waals surface area contributed by atoms with E-state index in [0.29, 0.717) is 5.56 Å². The molecular formula is C13H16N2O3. The first-order chi connectivity index (χ1) is 8.41. The van der Waals surface area contributed by atoms with Crippen molar-refractivity contribution < 1.29 is 14.4 Å². The van der Waals surface area contributed by atoms with Gasteiger partial charge in [-0.25, -0.2) is 0 Å². The van der Waals surface area contributed by atoms with E-state index in [1.807, 2.05) is 7.05 Å². The Bertz CT molecular complexity index is 498. The van der Waals surface area contributed by atoms with Crippen LogP contribution in [0, 0.1) is 11.8 Å². The number of nitrogens with zero attached hydrogens (tertiary/aromatic N) is 2. The Morgan fingerprint density at radius 2 is 1.78 bits per heavy atom. The number of hydrogen-bond donors (Lipinski definition) is 0. The molecule has 0 radical (unpaired) electrons. The number of rotatable bonds is 3. The van der Waals surface area contributed by atoms with Gasteiger partial charge in [0.15, 0.2) is 5.78 Å². The van der Waals surface area contributed by atoms with Gasteiger partial charge in [-0.3, -0.25) is 19.3 Å². The molecule has 1 aromatic rings. The van der Waals surface area contributed by atoms with E-state index in [-0.39, 0.29) is 36.0 Å². The maximum Gasteiger partial charge on any atom is 0.233 e. The van der Waals surface area contributed by atoms with E-state index in [4.69, 9.17) is 0 Å². The van der Waals surface area contributed by atoms with Crippen LogP contribution in [0.5, 0.6) is 0 Å². The average Bonchev–Trinajstić information content (AvgIpc) is 2.84. The fourth-order valence-electron chi connectivity index (χ4n) is 2.09. The summed E-state index contributed by atoms with van der Waals surface area (Å²) in [5.41, 5.74) is 0.519. The van der Waals surface area contributed by atoms with Crippen molar-refractivity contribution in [2.75, 3.05) is 6.54 Å². The number of ketones is 1. The van der Waals surface area contributed by atoms with Crippen LogP contribution in [0.2, 0.25) is 0 Å². The molecule has 1 aliphatic heterocycles. The highest BCUT2D eigenvalue weighted by Gasteiger charge is 2.42. The number of carbonyl (C=O) groups excluding carboxylic acids is 3. The predicted octanol–water partition coefficient (Wildman–Crippen LogP) is 0.849. The minimum absolute atomic E-state index is 0.156. The first kappa shape index (κ1) is 12.5. The largest absolute Gasteiger partial charge is 0.357 e. The van der Waals surface area contributed by atoms with Gasteiger partial charge < -0.3 is 4.57 Å². The fourth-order valence-corrected chi connectivity index (χ4v) is 2.09. The zero-order chi connectivity index (χ0) is 13.4. The van der Waals surface area contributed by atoms with E-state index in [1.165, 1.54) is 0 Å². The number of amides is 2. The Morgan fingerprint density at radius 3 is 2.22 bits per heavy atom. The van der Waals surface area contributed by atoms with Gasteiger partial charge in [-0.1, -0.05) is 13.8 Å². The molecule has 18 heavy (non-hydrogen) atoms. The smallest absolute Gasteiger partial charge is 0.233 e. The van der Waals surface area contributed by atoms with Crippen LogP contribution in [-0.2, 0) is 16.6 Å². The molecule has 2 atom stereocenters. The van der Waals surface area contributed by atoms with E-state index in [9.17, 15) is 14.4 Å². The number of hydrogen-bond acceptors (Lipinski definition) is 3. The molecular weight excluding hydrogens is 232 g/mol. The lowest BCUT2D eigenvalue weighted by Crippen LogP contribution is -2.35. The molecule has 1 saturated heterocycles. The van der Waals surface area contributed by atoms with Gasteiger partial charge in [0.25, 0.3) is 0 Å². The summed E-state index contributed by atoms with van der Waals surface area (Å²) in [6.07, 6.45) is 3.44. The first-order valence-electron chi connectivity index (χ1n) is 5.92. The number of imide groups is 1. The average molecular weight is 248 g/mol. The normalized spacial score (nSPS) is 23.8. The Hall–Kier alpha value is -1.91. The maximum absolute atomic E-state index is 12.0. The molecule has 0 aliphatic carbocycles. The third-order valence-corrected chi connectivity index (χ3v) is 3.52. The SMILES string of the molecule is CC1C(=O)N(CC(=O)c2ccn(C)c2)C(=O)C1C. The van der Waals surface area contributed by atoms with Gasteiger partial charge >= 0.3 is 0 Å². The Kier molecular flexibility index (Phi) is 3.07. The minimum atomic E-state index is -0.332. The van der Waals surface area contributed by atoms with E-state index in [0.717, 1.165) is 4.90 Å². The molecule has 5 heteroatoms. The number of likely N-dealkylation sites (tertiary alicyclic amines) is 1. The second-order valence-corrected chi connectivity index (χ2v) is 4.83. The van der Waals surface area contributed by atoms with E-state index >= 15 is 0 Å². The summed E-state index contributed by atoms with van der Waals surface area (Å²) in [4.78, 5) is 36.7. The lowest BCUT2D eigenvalue weighted by Gasteiger charge is -2.12. The van der Waals surface area contributed by atoms with Crippen molar-refractivity contribution in [3.05, 3.63) is 24.0 Å². The maximum atomic E-state index is 12.0. The molecule has 5 nitrogen and oxygen atoms in total. The van der Waals surface area contributed by atoms with Crippen molar-refractivity contribution in [2.45, 2.75) is 13.8 Å². The lowest BCUT2D eigenvalue weighted by molar-refractivity contribution is -0.139. The lowest BCUT2D eigenvalue weighted by atomic mass is 10.00. The molecule has 2 heterocycles. The second kappa shape index (κ2) is 4.40. The number of aryl methyl sites for hydroxylation is 1. The summed E-state index contributed by atoms with van der Waals surface area (Å²) < 4.78 is 1.76. The highest BCUT2D eigenvalue weighted by molar-refractivity contribution is 6.09. The van der Waals surface area contributed by atoms with Crippen molar-refractivity contribution >= 4 is 17.6 Å². The Morgan fingerprint density at radius 1 is 1.22 bits per heavy atom. The molecule has 0 spiro atoms. The van der Waals surface area contributed by atoms with Crippen LogP contribution in [0.25, 0.3) is 0 Å². The van der Waals surface area contributed by atoms with Crippen molar-refractivity contribution in [1.29, 1.82) is 0 Å². The van der Waals surface area contributed by atoms with Crippen molar-refractivity contribution in [1.82, 2.24) is 9.47 Å². The van der Waals surface area contributed by atoms with E-state index < -0.39 is 0 Å². The molecule has 0 bridgehead atoms. The van der Waals surface area contributed by atoms with Crippen LogP contribution in [0.15, 0.2) is 18.5 Å². The van der Waals surface area contributed by atoms with Crippen LogP contribution >= 0.6 is 0 Å². The van der Waals surface area contributed by atoms with Gasteiger partial charge in [0.2, 0.25) is 11.8 Å². The highest BCUT2D eigenvalue weighted by atomic mass is 16.2. The quantitative estimate of drug-likeness (QED) is 0.588. The molecule has 2 amide bonds. The van der Waals surface area contributed by atoms with E-state index in [2.05, 4.69) is 0 Å². The van der Waals surface area contributed by atoms with Gasteiger partial charge in [0.1, 0.15) is 0 Å². The first-order valence-corrected chi connectivity index (χ1v) is 5.92. The fraction of sp³-hybridized carbons (Fsp3) is 0.462. The minimum Gasteiger partial charge on any atom is -0.357 e. The third-order valence-electron chi connectivity index (χ3n) is 3.52. The summed E-state index contributed by atoms with van der Waals surface area (Å²) in [7, 11) is 1.81. The summed E-state index contributed by atoms with van der Waals surface area (Å²) in [6, 6.07) is 1.68. The monoisotopic (exact) mass is 248 g/mol. The van der Waals surface area contributed by atoms with Crippen molar-refractivity contribution in [2.24, 2.45) is 18.9 Å². The molecule has 0 aromatic carbocycles. The zero-order valence-electron chi connectivity index (χ0n) is 10.7. The van der Waals surface area contributed by atoms with Crippen LogP contribution in [-0.4, -0.2) is 33.6 Å². The Balaban J connectivity index is 2.13. The van der Waals surface area contributed by atoms with Gasteiger partial charge in [-0.2, -0.15) is 0 Å². The number of aromatic nitrogens is 1. The van der Waals surface area contributed by atoms with Crippen LogP contribution < -0.4 is 0 Å². The Labute approximate surface area is 105 Å². The molecule has 0 saturated carbocycles. The molecule has 2 unspecified atom stereocenters. The van der Waals surface area contributed by atoms with Crippen molar-refractivity contribution in [3.63, 3.8) is 0 Å². The van der Waals surface area contributed by atoms with Crippen molar-refractivity contribution in [3.8, 4) is 0 Å². The van der Waals surface area contributed by atoms with Gasteiger partial charge in [0.05, 0.1) is 6.54 Å². The summed E-state index contributed by atoms with van der Waals surface area (Å²) in [5, 5.41) is 0. The summed E-state index contributed by atoms with van der Waals surface area (Å²) >= 11 is 0. The van der Waals surface area contributed by atoms with Crippen LogP contribution in [0.3, 0.4) is 0 Å². The van der Waals surface area contributed by atoms with Gasteiger partial charge in [-0.05, 0) is 6.07 Å². The number of Topliss-reactive ketones (excluding diaryl/α,β-unsaturated/α-hetero) is 1. The second-order valence-electron chi connectivity index (χ2n) is 4.83. The van der Waals surface area contributed by atoms with Gasteiger partial charge in [0, 0.05) is 36.8 Å². The van der Waals surface area contributed by atoms with E-state index in [1.54, 1.807) is 36.9 Å². The predicted molar refractivity (Wildman–Crippen MR) is 64.8 cm³/mol. The molecule has 1 aromatic heterocycles. The molecule has 1 aliphatic rings. The number of carbonyl (C=O) groups is 3. The molecule has 2 rings (SSSR count). The van der Waals surface area contributed by atoms with Gasteiger partial charge in [-0.15, -0.1) is 0 Å². The zero-order valence-corrected chi connectivity index (χ0v) is 10.7. The topological polar surface area (TPSA) is 59.4 Å². The summed E-state index contributed by atoms with van der Waals surface area (Å²) in [5.74, 6) is -1.38.